The molecule has 2 aromatic carbocycles. The number of anilines is 2. The third-order valence-electron chi connectivity index (χ3n) is 8.65. The molecule has 262 valence electrons. The van der Waals surface area contributed by atoms with E-state index in [-0.39, 0.29) is 41.9 Å². The molecular weight excluding hydrogens is 671 g/mol. The van der Waals surface area contributed by atoms with Crippen molar-refractivity contribution in [2.75, 3.05) is 45.3 Å². The number of piperidine rings is 1. The summed E-state index contributed by atoms with van der Waals surface area (Å²) >= 11 is 0. The number of sulfonamides is 1. The monoisotopic (exact) mass is 707 g/mol. The van der Waals surface area contributed by atoms with Crippen LogP contribution in [0.15, 0.2) is 84.0 Å². The molecule has 0 spiro atoms. The Balaban J connectivity index is 1.37. The Morgan fingerprint density at radius 3 is 2.44 bits per heavy atom. The number of alkyl halides is 3. The molecule has 0 radical (unpaired) electrons. The Labute approximate surface area is 287 Å². The second kappa shape index (κ2) is 14.2. The molecule has 0 bridgehead atoms. The first-order valence-corrected chi connectivity index (χ1v) is 17.8. The van der Waals surface area contributed by atoms with E-state index in [2.05, 4.69) is 32.2 Å². The summed E-state index contributed by atoms with van der Waals surface area (Å²) in [5, 5.41) is 3.40. The first kappa shape index (κ1) is 35.0. The summed E-state index contributed by atoms with van der Waals surface area (Å²) in [6.07, 6.45) is 2.76. The Hall–Kier alpha value is -4.86. The minimum Gasteiger partial charge on any atom is -0.489 e. The summed E-state index contributed by atoms with van der Waals surface area (Å²) in [6, 6.07) is 15.6. The lowest BCUT2D eigenvalue weighted by Gasteiger charge is -2.30. The van der Waals surface area contributed by atoms with E-state index in [1.807, 2.05) is 12.1 Å². The number of halogens is 3. The molecule has 11 nitrogen and oxygen atoms in total. The Morgan fingerprint density at radius 1 is 1.02 bits per heavy atom. The zero-order valence-electron chi connectivity index (χ0n) is 27.7. The topological polar surface area (TPSA) is 123 Å². The molecular formula is C35H36F3N7O4S. The lowest BCUT2D eigenvalue weighted by Crippen LogP contribution is -2.38. The lowest BCUT2D eigenvalue weighted by molar-refractivity contribution is -0.137. The number of benzene rings is 2. The number of likely N-dealkylation sites (tertiary alicyclic amines) is 1. The average molecular weight is 708 g/mol. The number of rotatable bonds is 10. The van der Waals surface area contributed by atoms with Gasteiger partial charge in [0.05, 0.1) is 11.8 Å². The van der Waals surface area contributed by atoms with Crippen LogP contribution in [-0.4, -0.2) is 83.2 Å². The number of nitrogens with zero attached hydrogens (tertiary/aromatic N) is 6. The van der Waals surface area contributed by atoms with Gasteiger partial charge in [0, 0.05) is 61.9 Å². The van der Waals surface area contributed by atoms with Gasteiger partial charge in [-0.1, -0.05) is 12.1 Å². The minimum absolute atomic E-state index is 0.103. The fraction of sp³-hybridized carbons (Fsp3) is 0.314. The summed E-state index contributed by atoms with van der Waals surface area (Å²) in [7, 11) is -0.194. The Kier molecular flexibility index (Phi) is 9.91. The zero-order valence-corrected chi connectivity index (χ0v) is 28.5. The molecule has 3 aromatic heterocycles. The zero-order chi connectivity index (χ0) is 35.6. The molecule has 1 fully saturated rings. The average Bonchev–Trinajstić information content (AvgIpc) is 3.08. The van der Waals surface area contributed by atoms with Gasteiger partial charge in [0.1, 0.15) is 17.5 Å². The van der Waals surface area contributed by atoms with Crippen LogP contribution in [0.4, 0.5) is 24.8 Å². The summed E-state index contributed by atoms with van der Waals surface area (Å²) in [4.78, 5) is 29.2. The summed E-state index contributed by atoms with van der Waals surface area (Å²) in [5.41, 5.74) is -0.699. The van der Waals surface area contributed by atoms with Crippen LogP contribution < -0.4 is 15.6 Å². The first-order chi connectivity index (χ1) is 23.8. The largest absolute Gasteiger partial charge is 0.489 e. The summed E-state index contributed by atoms with van der Waals surface area (Å²) < 4.78 is 76.3. The van der Waals surface area contributed by atoms with Crippen LogP contribution in [0.5, 0.6) is 5.75 Å². The minimum atomic E-state index is -4.79. The second-order valence-corrected chi connectivity index (χ2v) is 14.4. The molecule has 0 aliphatic carbocycles. The van der Waals surface area contributed by atoms with Crippen LogP contribution in [0.2, 0.25) is 0 Å². The van der Waals surface area contributed by atoms with E-state index >= 15 is 0 Å². The van der Waals surface area contributed by atoms with Crippen molar-refractivity contribution in [3.8, 4) is 28.0 Å². The van der Waals surface area contributed by atoms with Gasteiger partial charge in [-0.3, -0.25) is 14.3 Å². The third-order valence-corrected chi connectivity index (χ3v) is 9.97. The number of ether oxygens (including phenoxy) is 1. The number of pyridine rings is 2. The summed E-state index contributed by atoms with van der Waals surface area (Å²) in [6.45, 7) is 1.59. The predicted molar refractivity (Wildman–Crippen MR) is 186 cm³/mol. The number of fused-ring (bicyclic) bond motifs is 1. The maximum atomic E-state index is 14.5. The molecule has 1 unspecified atom stereocenters. The van der Waals surface area contributed by atoms with Crippen LogP contribution in [0.1, 0.15) is 18.4 Å². The SMILES string of the molecule is CN1CCCC(Oc2ccc(Nc3ncc4cc(-c5ccc(-c6ccncc6)cc5C(F)(F)F)c(=O)n(CCN(C)S(C)(=O)=O)c4n3)cc2)C1. The first-order valence-electron chi connectivity index (χ1n) is 15.9. The molecule has 1 aliphatic rings. The summed E-state index contributed by atoms with van der Waals surface area (Å²) in [5.74, 6) is 0.855. The van der Waals surface area contributed by atoms with Crippen LogP contribution in [-0.2, 0) is 22.7 Å². The van der Waals surface area contributed by atoms with Crippen LogP contribution >= 0.6 is 0 Å². The third kappa shape index (κ3) is 7.95. The van der Waals surface area contributed by atoms with Crippen molar-refractivity contribution in [3.63, 3.8) is 0 Å². The number of nitrogens with one attached hydrogen (secondary N) is 1. The highest BCUT2D eigenvalue weighted by atomic mass is 32.2. The maximum absolute atomic E-state index is 14.5. The highest BCUT2D eigenvalue weighted by molar-refractivity contribution is 7.88. The molecule has 15 heteroatoms. The molecule has 0 amide bonds. The van der Waals surface area contributed by atoms with Gasteiger partial charge >= 0.3 is 6.18 Å². The number of hydrogen-bond donors (Lipinski definition) is 1. The van der Waals surface area contributed by atoms with Crippen LogP contribution in [0.25, 0.3) is 33.3 Å². The number of hydrogen-bond acceptors (Lipinski definition) is 9. The van der Waals surface area contributed by atoms with E-state index in [9.17, 15) is 26.4 Å². The van der Waals surface area contributed by atoms with E-state index in [1.165, 1.54) is 48.4 Å². The van der Waals surface area contributed by atoms with Gasteiger partial charge in [0.25, 0.3) is 5.56 Å². The van der Waals surface area contributed by atoms with E-state index in [4.69, 9.17) is 4.74 Å². The van der Waals surface area contributed by atoms with Gasteiger partial charge in [-0.2, -0.15) is 18.2 Å². The van der Waals surface area contributed by atoms with Gasteiger partial charge < -0.3 is 15.0 Å². The van der Waals surface area contributed by atoms with Crippen molar-refractivity contribution < 1.29 is 26.3 Å². The maximum Gasteiger partial charge on any atom is 0.417 e. The second-order valence-electron chi connectivity index (χ2n) is 12.4. The van der Waals surface area contributed by atoms with Crippen molar-refractivity contribution in [2.24, 2.45) is 0 Å². The molecule has 50 heavy (non-hydrogen) atoms. The van der Waals surface area contributed by atoms with E-state index in [0.717, 1.165) is 48.3 Å². The smallest absolute Gasteiger partial charge is 0.417 e. The van der Waals surface area contributed by atoms with Gasteiger partial charge in [-0.15, -0.1) is 0 Å². The van der Waals surface area contributed by atoms with Crippen molar-refractivity contribution >= 4 is 32.7 Å². The molecule has 1 aliphatic heterocycles. The van der Waals surface area contributed by atoms with Gasteiger partial charge in [-0.25, -0.2) is 17.7 Å². The fourth-order valence-electron chi connectivity index (χ4n) is 5.92. The van der Waals surface area contributed by atoms with Crippen LogP contribution in [0.3, 0.4) is 0 Å². The fourth-order valence-corrected chi connectivity index (χ4v) is 6.33. The van der Waals surface area contributed by atoms with Crippen molar-refractivity contribution in [3.05, 3.63) is 95.2 Å². The molecule has 1 saturated heterocycles. The highest BCUT2D eigenvalue weighted by Gasteiger charge is 2.35. The van der Waals surface area contributed by atoms with Gasteiger partial charge in [-0.05, 0) is 91.7 Å². The molecule has 0 saturated carbocycles. The van der Waals surface area contributed by atoms with E-state index in [0.29, 0.717) is 22.2 Å². The molecule has 1 atom stereocenters. The molecule has 5 aromatic rings. The van der Waals surface area contributed by atoms with Crippen LogP contribution in [0, 0.1) is 0 Å². The van der Waals surface area contributed by atoms with E-state index in [1.54, 1.807) is 24.3 Å². The number of likely N-dealkylation sites (N-methyl/N-ethyl adjacent to an activating group) is 2. The van der Waals surface area contributed by atoms with Crippen molar-refractivity contribution in [1.82, 2.24) is 28.7 Å². The molecule has 4 heterocycles. The quantitative estimate of drug-likeness (QED) is 0.196. The highest BCUT2D eigenvalue weighted by Crippen LogP contribution is 2.39. The lowest BCUT2D eigenvalue weighted by atomic mass is 9.95. The van der Waals surface area contributed by atoms with Gasteiger partial charge in [0.15, 0.2) is 0 Å². The molecule has 6 rings (SSSR count). The number of aromatic nitrogens is 4. The van der Waals surface area contributed by atoms with Crippen molar-refractivity contribution in [2.45, 2.75) is 31.7 Å². The Bertz CT molecular complexity index is 2160. The normalized spacial score (nSPS) is 15.8. The molecule has 1 N–H and O–H groups in total. The van der Waals surface area contributed by atoms with Gasteiger partial charge in [0.2, 0.25) is 16.0 Å². The predicted octanol–water partition coefficient (Wildman–Crippen LogP) is 5.65. The van der Waals surface area contributed by atoms with E-state index < -0.39 is 27.3 Å². The Morgan fingerprint density at radius 2 is 1.76 bits per heavy atom. The van der Waals surface area contributed by atoms with Crippen molar-refractivity contribution in [1.29, 1.82) is 0 Å². The standard InChI is InChI=1S/C35H36F3N7O4S/c1-43-16-4-5-28(22-43)49-27-9-7-26(8-10-27)41-34-40-21-25-19-30(33(46)45(32(25)42-34)18-17-44(2)50(3,47)48)29-11-6-24(20-31(29)35(36,37)38)23-12-14-39-15-13-23/h6-15,19-21,28H,4-5,16-18,22H2,1-3H3,(H,40,41,42).